The number of benzene rings is 2. The number of ketones is 1. The van der Waals surface area contributed by atoms with Crippen molar-refractivity contribution in [2.24, 2.45) is 0 Å². The van der Waals surface area contributed by atoms with Crippen LogP contribution in [0.2, 0.25) is 5.02 Å². The number of likely N-dealkylation sites (N-methyl/N-ethyl adjacent to an activating group) is 1. The molecule has 1 saturated carbocycles. The number of carbonyl (C=O) groups excluding carboxylic acids is 4. The van der Waals surface area contributed by atoms with Crippen molar-refractivity contribution >= 4 is 52.8 Å². The fourth-order valence-electron chi connectivity index (χ4n) is 4.37. The van der Waals surface area contributed by atoms with Gasteiger partial charge in [0, 0.05) is 29.7 Å². The molecule has 0 unspecified atom stereocenters. The van der Waals surface area contributed by atoms with Crippen molar-refractivity contribution in [3.05, 3.63) is 64.7 Å². The largest absolute Gasteiger partial charge is 0.464 e. The van der Waals surface area contributed by atoms with E-state index in [1.165, 1.54) is 31.3 Å². The average Bonchev–Trinajstić information content (AvgIpc) is 3.81. The highest BCUT2D eigenvalue weighted by Crippen LogP contribution is 2.48. The SMILES string of the molecule is CCOC(=O)[C@H](CCC(=O)C(=O)NC)NC(=O)c1ccc(Nc2nc(NC3(c4ccc(Cl)cc4)CC3)nc(OCC(F)(F)F)n2)cc1. The molecule has 4 rings (SSSR count). The average molecular weight is 678 g/mol. The predicted molar refractivity (Wildman–Crippen MR) is 163 cm³/mol. The van der Waals surface area contributed by atoms with Gasteiger partial charge in [0.15, 0.2) is 6.61 Å². The van der Waals surface area contributed by atoms with E-state index in [0.717, 1.165) is 5.56 Å². The van der Waals surface area contributed by atoms with Crippen molar-refractivity contribution in [3.8, 4) is 6.01 Å². The third-order valence-electron chi connectivity index (χ3n) is 6.90. The van der Waals surface area contributed by atoms with E-state index in [9.17, 15) is 32.3 Å². The molecule has 1 heterocycles. The maximum Gasteiger partial charge on any atom is 0.422 e. The van der Waals surface area contributed by atoms with E-state index < -0.39 is 53.9 Å². The topological polar surface area (TPSA) is 174 Å². The number of alkyl halides is 3. The van der Waals surface area contributed by atoms with Crippen LogP contribution in [0.4, 0.5) is 30.8 Å². The van der Waals surface area contributed by atoms with Crippen LogP contribution < -0.4 is 26.0 Å². The number of carbonyl (C=O) groups is 4. The number of halogens is 4. The molecule has 4 N–H and O–H groups in total. The molecule has 0 bridgehead atoms. The van der Waals surface area contributed by atoms with Crippen molar-refractivity contribution in [2.75, 3.05) is 30.9 Å². The fourth-order valence-corrected chi connectivity index (χ4v) is 4.49. The van der Waals surface area contributed by atoms with E-state index in [1.807, 2.05) is 12.1 Å². The molecule has 250 valence electrons. The molecule has 1 aliphatic rings. The second-order valence-corrected chi connectivity index (χ2v) is 10.8. The van der Waals surface area contributed by atoms with Crippen LogP contribution in [0.15, 0.2) is 48.5 Å². The van der Waals surface area contributed by atoms with Crippen molar-refractivity contribution in [1.29, 1.82) is 0 Å². The molecule has 0 spiro atoms. The van der Waals surface area contributed by atoms with Gasteiger partial charge in [0.1, 0.15) is 6.04 Å². The van der Waals surface area contributed by atoms with Gasteiger partial charge in [-0.25, -0.2) is 4.79 Å². The summed E-state index contributed by atoms with van der Waals surface area (Å²) in [6.45, 7) is 0.00187. The van der Waals surface area contributed by atoms with Gasteiger partial charge in [-0.1, -0.05) is 23.7 Å². The smallest absolute Gasteiger partial charge is 0.422 e. The highest BCUT2D eigenvalue weighted by molar-refractivity contribution is 6.36. The van der Waals surface area contributed by atoms with Crippen LogP contribution in [0.3, 0.4) is 0 Å². The Bertz CT molecular complexity index is 1600. The number of rotatable bonds is 15. The quantitative estimate of drug-likeness (QED) is 0.135. The molecule has 2 aromatic carbocycles. The second kappa shape index (κ2) is 15.1. The number of nitrogens with one attached hydrogen (secondary N) is 4. The second-order valence-electron chi connectivity index (χ2n) is 10.4. The maximum atomic E-state index is 12.9. The first kappa shape index (κ1) is 34.9. The van der Waals surface area contributed by atoms with E-state index in [2.05, 4.69) is 36.2 Å². The Kier molecular flexibility index (Phi) is 11.2. The van der Waals surface area contributed by atoms with Crippen molar-refractivity contribution < 1.29 is 41.8 Å². The number of esters is 1. The van der Waals surface area contributed by atoms with Gasteiger partial charge in [-0.15, -0.1) is 0 Å². The minimum atomic E-state index is -4.63. The van der Waals surface area contributed by atoms with Gasteiger partial charge in [-0.2, -0.15) is 28.1 Å². The third-order valence-corrected chi connectivity index (χ3v) is 7.15. The number of anilines is 3. The van der Waals surface area contributed by atoms with Crippen LogP contribution in [-0.2, 0) is 24.7 Å². The lowest BCUT2D eigenvalue weighted by Gasteiger charge is -2.19. The Balaban J connectivity index is 1.48. The zero-order valence-electron chi connectivity index (χ0n) is 25.2. The Hall–Kier alpha value is -4.99. The van der Waals surface area contributed by atoms with Gasteiger partial charge < -0.3 is 30.7 Å². The summed E-state index contributed by atoms with van der Waals surface area (Å²) in [4.78, 5) is 61.0. The molecule has 3 aromatic rings. The Morgan fingerprint density at radius 3 is 2.23 bits per heavy atom. The van der Waals surface area contributed by atoms with E-state index >= 15 is 0 Å². The Morgan fingerprint density at radius 2 is 1.64 bits per heavy atom. The molecule has 1 fully saturated rings. The molecule has 1 aliphatic carbocycles. The van der Waals surface area contributed by atoms with E-state index in [0.29, 0.717) is 23.6 Å². The number of aromatic nitrogens is 3. The van der Waals surface area contributed by atoms with E-state index in [1.54, 1.807) is 19.1 Å². The summed E-state index contributed by atoms with van der Waals surface area (Å²) in [7, 11) is 1.30. The molecule has 1 atom stereocenters. The standard InChI is InChI=1S/C30H31ClF3N7O6/c1-3-46-25(45)21(12-13-22(42)24(44)35-2)37-23(43)17-4-10-20(11-5-17)36-26-38-27(40-28(39-26)47-16-30(32,33)34)41-29(14-15-29)18-6-8-19(31)9-7-18/h4-11,21H,3,12-16H2,1-2H3,(H,35,44)(H,37,43)(H2,36,38,39,40,41)/t21-/m0/s1. The number of nitrogens with zero attached hydrogens (tertiary/aromatic N) is 3. The van der Waals surface area contributed by atoms with Gasteiger partial charge in [0.05, 0.1) is 12.1 Å². The van der Waals surface area contributed by atoms with E-state index in [4.69, 9.17) is 21.1 Å². The normalized spacial score (nSPS) is 13.9. The molecule has 47 heavy (non-hydrogen) atoms. The monoisotopic (exact) mass is 677 g/mol. The number of Topliss-reactive ketones (excluding diaryl/α,β-unsaturated/α-hetero) is 1. The molecule has 0 aliphatic heterocycles. The summed E-state index contributed by atoms with van der Waals surface area (Å²) in [5.74, 6) is -3.16. The number of amides is 2. The molecule has 13 nitrogen and oxygen atoms in total. The summed E-state index contributed by atoms with van der Waals surface area (Å²) in [5.41, 5.74) is 0.842. The zero-order chi connectivity index (χ0) is 34.2. The van der Waals surface area contributed by atoms with Crippen molar-refractivity contribution in [2.45, 2.75) is 50.4 Å². The summed E-state index contributed by atoms with van der Waals surface area (Å²) >= 11 is 6.01. The van der Waals surface area contributed by atoms with Gasteiger partial charge in [0.25, 0.3) is 11.8 Å². The summed E-state index contributed by atoms with van der Waals surface area (Å²) < 4.78 is 48.5. The Morgan fingerprint density at radius 1 is 0.979 bits per heavy atom. The highest BCUT2D eigenvalue weighted by Gasteiger charge is 2.45. The fraction of sp³-hybridized carbons (Fsp3) is 0.367. The molecule has 1 aromatic heterocycles. The molecular formula is C30H31ClF3N7O6. The van der Waals surface area contributed by atoms with Crippen LogP contribution in [-0.4, -0.2) is 71.0 Å². The van der Waals surface area contributed by atoms with Gasteiger partial charge in [-0.3, -0.25) is 14.4 Å². The van der Waals surface area contributed by atoms with Crippen LogP contribution >= 0.6 is 11.6 Å². The first-order valence-corrected chi connectivity index (χ1v) is 14.8. The number of hydrogen-bond donors (Lipinski definition) is 4. The Labute approximate surface area is 272 Å². The lowest BCUT2D eigenvalue weighted by atomic mass is 10.1. The van der Waals surface area contributed by atoms with Gasteiger partial charge in [0.2, 0.25) is 17.7 Å². The predicted octanol–water partition coefficient (Wildman–Crippen LogP) is 4.07. The van der Waals surface area contributed by atoms with Crippen LogP contribution in [0.25, 0.3) is 0 Å². The minimum absolute atomic E-state index is 0.0250. The van der Waals surface area contributed by atoms with Crippen LogP contribution in [0, 0.1) is 0 Å². The van der Waals surface area contributed by atoms with Gasteiger partial charge in [-0.05, 0) is 68.1 Å². The van der Waals surface area contributed by atoms with E-state index in [-0.39, 0.29) is 36.9 Å². The van der Waals surface area contributed by atoms with Crippen molar-refractivity contribution in [1.82, 2.24) is 25.6 Å². The number of hydrogen-bond acceptors (Lipinski definition) is 11. The number of ether oxygens (including phenoxy) is 2. The molecule has 17 heteroatoms. The summed E-state index contributed by atoms with van der Waals surface area (Å²) in [6, 6.07) is 11.2. The first-order valence-electron chi connectivity index (χ1n) is 14.4. The van der Waals surface area contributed by atoms with Crippen LogP contribution in [0.5, 0.6) is 6.01 Å². The summed E-state index contributed by atoms with van der Waals surface area (Å²) in [6.07, 6.45) is -3.66. The molecule has 2 amide bonds. The lowest BCUT2D eigenvalue weighted by molar-refractivity contribution is -0.154. The summed E-state index contributed by atoms with van der Waals surface area (Å²) in [5, 5.41) is 11.3. The van der Waals surface area contributed by atoms with Crippen molar-refractivity contribution in [3.63, 3.8) is 0 Å². The molecule has 0 radical (unpaired) electrons. The van der Waals surface area contributed by atoms with Crippen LogP contribution in [0.1, 0.15) is 48.5 Å². The highest BCUT2D eigenvalue weighted by atomic mass is 35.5. The first-order chi connectivity index (χ1) is 22.3. The zero-order valence-corrected chi connectivity index (χ0v) is 26.0. The third kappa shape index (κ3) is 10.00. The minimum Gasteiger partial charge on any atom is -0.464 e. The van der Waals surface area contributed by atoms with Gasteiger partial charge >= 0.3 is 18.2 Å². The maximum absolute atomic E-state index is 12.9. The molecular weight excluding hydrogens is 647 g/mol. The molecule has 0 saturated heterocycles. The lowest BCUT2D eigenvalue weighted by Crippen LogP contribution is -2.42.